The van der Waals surface area contributed by atoms with Crippen LogP contribution in [0.5, 0.6) is 5.75 Å². The van der Waals surface area contributed by atoms with Crippen LogP contribution in [-0.2, 0) is 4.79 Å². The number of nitrogens with one attached hydrogen (secondary N) is 1. The molecule has 1 heterocycles. The average molecular weight is 429 g/mol. The summed E-state index contributed by atoms with van der Waals surface area (Å²) in [6.45, 7) is -0.111. The fourth-order valence-electron chi connectivity index (χ4n) is 4.83. The Hall–Kier alpha value is -2.93. The lowest BCUT2D eigenvalue weighted by molar-refractivity contribution is -0.162. The number of fused-ring (bicyclic) bond motifs is 1. The van der Waals surface area contributed by atoms with E-state index in [4.69, 9.17) is 20.8 Å². The first kappa shape index (κ1) is 19.1. The molecule has 30 heavy (non-hydrogen) atoms. The first-order valence-corrected chi connectivity index (χ1v) is 9.99. The molecule has 0 spiro atoms. The molecule has 3 aliphatic carbocycles. The van der Waals surface area contributed by atoms with E-state index in [0.29, 0.717) is 23.1 Å². The number of Topliss-reactive ketones (excluding diaryl/α,β-unsaturated/α-hetero) is 1. The van der Waals surface area contributed by atoms with Gasteiger partial charge in [-0.3, -0.25) is 9.59 Å². The van der Waals surface area contributed by atoms with Crippen molar-refractivity contribution in [3.8, 4) is 5.75 Å². The van der Waals surface area contributed by atoms with Gasteiger partial charge in [0.05, 0.1) is 5.02 Å². The van der Waals surface area contributed by atoms with Crippen molar-refractivity contribution in [3.63, 3.8) is 0 Å². The number of ether oxygens (including phenoxy) is 1. The van der Waals surface area contributed by atoms with Crippen molar-refractivity contribution < 1.29 is 23.1 Å². The number of rotatable bonds is 7. The van der Waals surface area contributed by atoms with Gasteiger partial charge in [-0.2, -0.15) is 0 Å². The Morgan fingerprint density at radius 1 is 1.20 bits per heavy atom. The van der Waals surface area contributed by atoms with Crippen molar-refractivity contribution >= 4 is 34.4 Å². The molecule has 2 bridgehead atoms. The molecule has 3 aromatic rings. The van der Waals surface area contributed by atoms with Gasteiger partial charge in [-0.1, -0.05) is 11.6 Å². The molecule has 0 saturated heterocycles. The van der Waals surface area contributed by atoms with Gasteiger partial charge in [0.1, 0.15) is 23.7 Å². The van der Waals surface area contributed by atoms with Gasteiger partial charge in [0.2, 0.25) is 0 Å². The topological polar surface area (TPSA) is 81.4 Å². The maximum atomic E-state index is 13.4. The van der Waals surface area contributed by atoms with Crippen molar-refractivity contribution in [1.82, 2.24) is 10.3 Å². The van der Waals surface area contributed by atoms with Crippen molar-refractivity contribution in [2.75, 3.05) is 6.61 Å². The molecule has 1 aromatic heterocycles. The predicted octanol–water partition coefficient (Wildman–Crippen LogP) is 4.31. The zero-order valence-corrected chi connectivity index (χ0v) is 16.7. The summed E-state index contributed by atoms with van der Waals surface area (Å²) in [5.41, 5.74) is 1.53. The first-order chi connectivity index (χ1) is 14.4. The summed E-state index contributed by atoms with van der Waals surface area (Å²) in [5.74, 6) is -0.494. The van der Waals surface area contributed by atoms with E-state index in [0.717, 1.165) is 25.3 Å². The number of halogens is 2. The molecule has 1 N–H and O–H groups in total. The van der Waals surface area contributed by atoms with Crippen molar-refractivity contribution in [2.24, 2.45) is 5.41 Å². The molecule has 0 atom stereocenters. The number of nitrogens with zero attached hydrogens (tertiary/aromatic N) is 1. The molecular weight excluding hydrogens is 411 g/mol. The number of benzene rings is 2. The first-order valence-electron chi connectivity index (χ1n) is 9.61. The average Bonchev–Trinajstić information content (AvgIpc) is 3.14. The Morgan fingerprint density at radius 2 is 2.00 bits per heavy atom. The molecule has 3 fully saturated rings. The number of carbonyl (C=O) groups is 2. The minimum atomic E-state index is -0.582. The van der Waals surface area contributed by atoms with E-state index in [2.05, 4.69) is 10.3 Å². The third kappa shape index (κ3) is 3.33. The highest BCUT2D eigenvalue weighted by atomic mass is 35.5. The van der Waals surface area contributed by atoms with E-state index in [1.807, 2.05) is 0 Å². The maximum absolute atomic E-state index is 13.4. The molecular formula is C22H18ClFN2O4. The Labute approximate surface area is 176 Å². The summed E-state index contributed by atoms with van der Waals surface area (Å²) in [7, 11) is 0. The van der Waals surface area contributed by atoms with Gasteiger partial charge in [-0.25, -0.2) is 9.37 Å². The molecule has 0 aliphatic heterocycles. The van der Waals surface area contributed by atoms with Crippen LogP contribution in [0.4, 0.5) is 4.39 Å². The highest BCUT2D eigenvalue weighted by Gasteiger charge is 2.68. The summed E-state index contributed by atoms with van der Waals surface area (Å²) in [5, 5.41) is 3.12. The largest absolute Gasteiger partial charge is 0.486 e. The third-order valence-electron chi connectivity index (χ3n) is 5.97. The van der Waals surface area contributed by atoms with Crippen LogP contribution in [0.2, 0.25) is 5.02 Å². The number of hydrogen-bond acceptors (Lipinski definition) is 5. The zero-order valence-electron chi connectivity index (χ0n) is 15.9. The van der Waals surface area contributed by atoms with Gasteiger partial charge in [-0.05, 0) is 55.0 Å². The lowest BCUT2D eigenvalue weighted by atomic mass is 9.38. The third-order valence-corrected chi connectivity index (χ3v) is 6.28. The SMILES string of the molecule is O=C(COc1ccc(Cl)c(F)c1)CC12CC(NC(=O)c3ccc4ocnc4c3)(C1)C2. The molecule has 1 amide bonds. The van der Waals surface area contributed by atoms with Gasteiger partial charge < -0.3 is 14.5 Å². The molecule has 154 valence electrons. The fourth-order valence-corrected chi connectivity index (χ4v) is 4.95. The number of ketones is 1. The van der Waals surface area contributed by atoms with Crippen molar-refractivity contribution in [2.45, 2.75) is 31.2 Å². The Morgan fingerprint density at radius 3 is 2.77 bits per heavy atom. The monoisotopic (exact) mass is 428 g/mol. The summed E-state index contributed by atoms with van der Waals surface area (Å²) in [6, 6.07) is 9.23. The Kier molecular flexibility index (Phi) is 4.32. The molecule has 6 rings (SSSR count). The quantitative estimate of drug-likeness (QED) is 0.606. The number of hydrogen-bond donors (Lipinski definition) is 1. The maximum Gasteiger partial charge on any atom is 0.251 e. The molecule has 6 nitrogen and oxygen atoms in total. The summed E-state index contributed by atoms with van der Waals surface area (Å²) in [4.78, 5) is 29.0. The number of carbonyl (C=O) groups excluding carboxylic acids is 2. The van der Waals surface area contributed by atoms with Crippen LogP contribution in [0.15, 0.2) is 47.2 Å². The molecule has 8 heteroatoms. The zero-order chi connectivity index (χ0) is 20.9. The number of amides is 1. The molecule has 0 unspecified atom stereocenters. The van der Waals surface area contributed by atoms with Crippen molar-refractivity contribution in [3.05, 3.63) is 59.2 Å². The van der Waals surface area contributed by atoms with E-state index in [-0.39, 0.29) is 40.0 Å². The number of oxazole rings is 1. The lowest BCUT2D eigenvalue weighted by Gasteiger charge is -2.70. The molecule has 3 aliphatic rings. The summed E-state index contributed by atoms with van der Waals surface area (Å²) >= 11 is 5.64. The molecule has 0 radical (unpaired) electrons. The van der Waals surface area contributed by atoms with Gasteiger partial charge in [0, 0.05) is 23.6 Å². The second kappa shape index (κ2) is 6.80. The highest BCUT2D eigenvalue weighted by molar-refractivity contribution is 6.30. The van der Waals surface area contributed by atoms with Gasteiger partial charge in [0.25, 0.3) is 5.91 Å². The normalized spacial score (nSPS) is 24.1. The van der Waals surface area contributed by atoms with Gasteiger partial charge >= 0.3 is 0 Å². The van der Waals surface area contributed by atoms with Crippen LogP contribution < -0.4 is 10.1 Å². The van der Waals surface area contributed by atoms with Crippen LogP contribution in [0.25, 0.3) is 11.1 Å². The van der Waals surface area contributed by atoms with Gasteiger partial charge in [-0.15, -0.1) is 0 Å². The van der Waals surface area contributed by atoms with E-state index in [1.165, 1.54) is 18.5 Å². The van der Waals surface area contributed by atoms with Crippen LogP contribution in [0.3, 0.4) is 0 Å². The van der Waals surface area contributed by atoms with E-state index in [9.17, 15) is 14.0 Å². The van der Waals surface area contributed by atoms with Gasteiger partial charge in [0.15, 0.2) is 17.8 Å². The van der Waals surface area contributed by atoms with E-state index in [1.54, 1.807) is 18.2 Å². The second-order valence-corrected chi connectivity index (χ2v) is 8.79. The minimum Gasteiger partial charge on any atom is -0.486 e. The van der Waals surface area contributed by atoms with E-state index < -0.39 is 5.82 Å². The molecule has 2 aromatic carbocycles. The number of aromatic nitrogens is 1. The minimum absolute atomic E-state index is 0.0100. The van der Waals surface area contributed by atoms with Crippen molar-refractivity contribution in [1.29, 1.82) is 0 Å². The van der Waals surface area contributed by atoms with Crippen LogP contribution in [-0.4, -0.2) is 28.8 Å². The van der Waals surface area contributed by atoms with Crippen LogP contribution >= 0.6 is 11.6 Å². The Bertz CT molecular complexity index is 1160. The highest BCUT2D eigenvalue weighted by Crippen LogP contribution is 2.69. The summed E-state index contributed by atoms with van der Waals surface area (Å²) in [6.07, 6.45) is 4.07. The fraction of sp³-hybridized carbons (Fsp3) is 0.318. The van der Waals surface area contributed by atoms with Crippen LogP contribution in [0, 0.1) is 11.2 Å². The lowest BCUT2D eigenvalue weighted by Crippen LogP contribution is -2.75. The van der Waals surface area contributed by atoms with E-state index >= 15 is 0 Å². The standard InChI is InChI=1S/C22H18ClFN2O4/c23-16-3-2-15(6-17(16)24)29-8-14(27)7-21-9-22(10-21,11-21)26-20(28)13-1-4-19-18(5-13)25-12-30-19/h1-6,12H,7-11H2,(H,26,28). The van der Waals surface area contributed by atoms with Crippen LogP contribution in [0.1, 0.15) is 36.0 Å². The predicted molar refractivity (Wildman–Crippen MR) is 107 cm³/mol. The Balaban J connectivity index is 1.11. The molecule has 3 saturated carbocycles. The summed E-state index contributed by atoms with van der Waals surface area (Å²) < 4.78 is 24.0. The smallest absolute Gasteiger partial charge is 0.251 e. The second-order valence-electron chi connectivity index (χ2n) is 8.38.